The summed E-state index contributed by atoms with van der Waals surface area (Å²) in [5.74, 6) is 0.781. The first-order valence-electron chi connectivity index (χ1n) is 8.29. The van der Waals surface area contributed by atoms with E-state index in [9.17, 15) is 9.59 Å². The summed E-state index contributed by atoms with van der Waals surface area (Å²) in [5, 5.41) is 0. The van der Waals surface area contributed by atoms with Gasteiger partial charge in [-0.1, -0.05) is 6.07 Å². The van der Waals surface area contributed by atoms with Crippen molar-refractivity contribution in [3.05, 3.63) is 29.8 Å². The smallest absolute Gasteiger partial charge is 0.307 e. The van der Waals surface area contributed by atoms with Gasteiger partial charge in [0.1, 0.15) is 0 Å². The number of methoxy groups -OCH3 is 2. The molecule has 1 aromatic carbocycles. The number of carbonyl (C=O) groups excluding carboxylic acids is 2. The van der Waals surface area contributed by atoms with Crippen LogP contribution in [0.3, 0.4) is 0 Å². The number of carbonyl (C=O) groups is 2. The van der Waals surface area contributed by atoms with Crippen LogP contribution in [0.4, 0.5) is 0 Å². The molecule has 25 heavy (non-hydrogen) atoms. The van der Waals surface area contributed by atoms with Crippen molar-refractivity contribution >= 4 is 18.0 Å². The molecule has 0 N–H and O–H groups in total. The van der Waals surface area contributed by atoms with Crippen LogP contribution in [0.15, 0.2) is 24.3 Å². The van der Waals surface area contributed by atoms with Gasteiger partial charge >= 0.3 is 5.97 Å². The van der Waals surface area contributed by atoms with Crippen LogP contribution >= 0.6 is 0 Å². The highest BCUT2D eigenvalue weighted by Crippen LogP contribution is 2.28. The lowest BCUT2D eigenvalue weighted by atomic mass is 10.1. The van der Waals surface area contributed by atoms with Crippen molar-refractivity contribution in [2.75, 3.05) is 27.4 Å². The summed E-state index contributed by atoms with van der Waals surface area (Å²) < 4.78 is 15.4. The van der Waals surface area contributed by atoms with E-state index in [4.69, 9.17) is 9.47 Å². The Morgan fingerprint density at radius 1 is 1.20 bits per heavy atom. The predicted octanol–water partition coefficient (Wildman–Crippen LogP) is 2.91. The minimum absolute atomic E-state index is 0.0170. The average molecular weight is 349 g/mol. The first-order valence-corrected chi connectivity index (χ1v) is 8.29. The minimum Gasteiger partial charge on any atom is -0.493 e. The molecule has 0 bridgehead atoms. The Labute approximate surface area is 149 Å². The third kappa shape index (κ3) is 6.49. The summed E-state index contributed by atoms with van der Waals surface area (Å²) in [4.78, 5) is 25.3. The summed E-state index contributed by atoms with van der Waals surface area (Å²) in [6.45, 7) is 6.58. The topological polar surface area (TPSA) is 65.1 Å². The fourth-order valence-corrected chi connectivity index (χ4v) is 2.26. The lowest BCUT2D eigenvalue weighted by Crippen LogP contribution is -2.37. The van der Waals surface area contributed by atoms with Crippen LogP contribution in [-0.2, 0) is 14.3 Å². The molecular weight excluding hydrogens is 322 g/mol. The standard InChI is InChI=1S/C19H27NO5/c1-6-25-16-9-7-15(13-17(16)23-4)8-10-18(21)20(14(2)3)12-11-19(22)24-5/h7-10,13-14H,6,11-12H2,1-5H3/b10-8+. The molecule has 0 fully saturated rings. The van der Waals surface area contributed by atoms with Crippen molar-refractivity contribution < 1.29 is 23.8 Å². The van der Waals surface area contributed by atoms with E-state index in [1.54, 1.807) is 18.1 Å². The maximum absolute atomic E-state index is 12.4. The molecule has 6 nitrogen and oxygen atoms in total. The van der Waals surface area contributed by atoms with Crippen molar-refractivity contribution in [2.45, 2.75) is 33.2 Å². The van der Waals surface area contributed by atoms with Gasteiger partial charge in [-0.15, -0.1) is 0 Å². The van der Waals surface area contributed by atoms with Gasteiger partial charge < -0.3 is 19.1 Å². The number of rotatable bonds is 9. The second-order valence-corrected chi connectivity index (χ2v) is 5.63. The molecule has 0 aromatic heterocycles. The van der Waals surface area contributed by atoms with Gasteiger partial charge in [-0.3, -0.25) is 9.59 Å². The van der Waals surface area contributed by atoms with E-state index in [2.05, 4.69) is 4.74 Å². The van der Waals surface area contributed by atoms with E-state index >= 15 is 0 Å². The molecule has 0 heterocycles. The zero-order valence-electron chi connectivity index (χ0n) is 15.6. The molecule has 0 radical (unpaired) electrons. The number of hydrogen-bond acceptors (Lipinski definition) is 5. The Bertz CT molecular complexity index is 610. The van der Waals surface area contributed by atoms with Crippen LogP contribution in [-0.4, -0.2) is 50.2 Å². The fraction of sp³-hybridized carbons (Fsp3) is 0.474. The largest absolute Gasteiger partial charge is 0.493 e. The first kappa shape index (κ1) is 20.5. The molecule has 0 saturated carbocycles. The Morgan fingerprint density at radius 2 is 1.92 bits per heavy atom. The Balaban J connectivity index is 2.83. The third-order valence-electron chi connectivity index (χ3n) is 3.60. The molecule has 0 spiro atoms. The van der Waals surface area contributed by atoms with Gasteiger partial charge in [0.05, 0.1) is 27.2 Å². The minimum atomic E-state index is -0.335. The maximum atomic E-state index is 12.4. The number of esters is 1. The van der Waals surface area contributed by atoms with Gasteiger partial charge in [0.15, 0.2) is 11.5 Å². The van der Waals surface area contributed by atoms with Gasteiger partial charge in [-0.05, 0) is 44.5 Å². The van der Waals surface area contributed by atoms with E-state index in [0.29, 0.717) is 24.7 Å². The van der Waals surface area contributed by atoms with Gasteiger partial charge in [-0.25, -0.2) is 0 Å². The van der Waals surface area contributed by atoms with Gasteiger partial charge in [0, 0.05) is 18.7 Å². The molecule has 1 amide bonds. The van der Waals surface area contributed by atoms with E-state index in [1.807, 2.05) is 39.0 Å². The highest BCUT2D eigenvalue weighted by Gasteiger charge is 2.16. The predicted molar refractivity (Wildman–Crippen MR) is 96.7 cm³/mol. The normalized spacial score (nSPS) is 10.8. The molecule has 138 valence electrons. The van der Waals surface area contributed by atoms with Crippen molar-refractivity contribution in [1.82, 2.24) is 4.90 Å². The van der Waals surface area contributed by atoms with Crippen LogP contribution in [0.2, 0.25) is 0 Å². The summed E-state index contributed by atoms with van der Waals surface area (Å²) in [5.41, 5.74) is 0.824. The molecule has 1 rings (SSSR count). The van der Waals surface area contributed by atoms with E-state index in [0.717, 1.165) is 5.56 Å². The highest BCUT2D eigenvalue weighted by atomic mass is 16.5. The van der Waals surface area contributed by atoms with E-state index in [1.165, 1.54) is 13.2 Å². The first-order chi connectivity index (χ1) is 11.9. The van der Waals surface area contributed by atoms with Crippen LogP contribution in [0.25, 0.3) is 6.08 Å². The molecule has 0 aliphatic heterocycles. The molecule has 0 unspecified atom stereocenters. The number of benzene rings is 1. The number of ether oxygens (including phenoxy) is 3. The number of hydrogen-bond donors (Lipinski definition) is 0. The van der Waals surface area contributed by atoms with Gasteiger partial charge in [0.2, 0.25) is 5.91 Å². The number of amides is 1. The van der Waals surface area contributed by atoms with Crippen molar-refractivity contribution in [2.24, 2.45) is 0 Å². The summed E-state index contributed by atoms with van der Waals surface area (Å²) in [6, 6.07) is 5.45. The van der Waals surface area contributed by atoms with Crippen molar-refractivity contribution in [3.63, 3.8) is 0 Å². The monoisotopic (exact) mass is 349 g/mol. The summed E-state index contributed by atoms with van der Waals surface area (Å²) in [6.07, 6.45) is 3.38. The van der Waals surface area contributed by atoms with Crippen LogP contribution in [0.5, 0.6) is 11.5 Å². The molecule has 0 saturated heterocycles. The maximum Gasteiger partial charge on any atom is 0.307 e. The van der Waals surface area contributed by atoms with E-state index in [-0.39, 0.29) is 24.3 Å². The van der Waals surface area contributed by atoms with Crippen LogP contribution in [0, 0.1) is 0 Å². The highest BCUT2D eigenvalue weighted by molar-refractivity contribution is 5.92. The quantitative estimate of drug-likeness (QED) is 0.507. The zero-order chi connectivity index (χ0) is 18.8. The van der Waals surface area contributed by atoms with Gasteiger partial charge in [-0.2, -0.15) is 0 Å². The van der Waals surface area contributed by atoms with Crippen molar-refractivity contribution in [1.29, 1.82) is 0 Å². The second-order valence-electron chi connectivity index (χ2n) is 5.63. The second kappa shape index (κ2) is 10.4. The average Bonchev–Trinajstić information content (AvgIpc) is 2.60. The van der Waals surface area contributed by atoms with Crippen molar-refractivity contribution in [3.8, 4) is 11.5 Å². The summed E-state index contributed by atoms with van der Waals surface area (Å²) >= 11 is 0. The molecule has 6 heteroatoms. The van der Waals surface area contributed by atoms with E-state index < -0.39 is 0 Å². The Morgan fingerprint density at radius 3 is 2.48 bits per heavy atom. The molecule has 1 aromatic rings. The molecule has 0 aliphatic rings. The van der Waals surface area contributed by atoms with Crippen LogP contribution in [0.1, 0.15) is 32.8 Å². The SMILES string of the molecule is CCOc1ccc(/C=C/C(=O)N(CCC(=O)OC)C(C)C)cc1OC. The van der Waals surface area contributed by atoms with Crippen LogP contribution < -0.4 is 9.47 Å². The summed E-state index contributed by atoms with van der Waals surface area (Å²) in [7, 11) is 2.91. The third-order valence-corrected chi connectivity index (χ3v) is 3.60. The van der Waals surface area contributed by atoms with Gasteiger partial charge in [0.25, 0.3) is 0 Å². The Hall–Kier alpha value is -2.50. The lowest BCUT2D eigenvalue weighted by molar-refractivity contribution is -0.141. The molecule has 0 aliphatic carbocycles. The lowest BCUT2D eigenvalue weighted by Gasteiger charge is -2.25. The number of nitrogens with zero attached hydrogens (tertiary/aromatic N) is 1. The molecule has 0 atom stereocenters. The zero-order valence-corrected chi connectivity index (χ0v) is 15.6. The fourth-order valence-electron chi connectivity index (χ4n) is 2.26. The Kier molecular flexibility index (Phi) is 8.53. The molecular formula is C19H27NO5.